The molecular weight excluding hydrogens is 451 g/mol. The lowest BCUT2D eigenvalue weighted by Gasteiger charge is -2.20. The number of hydrogen-bond donors (Lipinski definition) is 0. The lowest BCUT2D eigenvalue weighted by atomic mass is 10.1. The van der Waals surface area contributed by atoms with E-state index in [2.05, 4.69) is 18.0 Å². The SMILES string of the molecule is Cc1ccc2sc(N(CCCn3ccnc3)C(=O)COc3ccc(F)cc3)nc2c1C.Cl. The number of imidazole rings is 1. The van der Waals surface area contributed by atoms with E-state index >= 15 is 0 Å². The second-order valence-electron chi connectivity index (χ2n) is 7.29. The van der Waals surface area contributed by atoms with Crippen molar-refractivity contribution in [2.24, 2.45) is 0 Å². The van der Waals surface area contributed by atoms with Crippen molar-refractivity contribution in [1.82, 2.24) is 14.5 Å². The summed E-state index contributed by atoms with van der Waals surface area (Å²) in [7, 11) is 0. The Labute approximate surface area is 196 Å². The van der Waals surface area contributed by atoms with Crippen LogP contribution in [0, 0.1) is 19.7 Å². The number of aryl methyl sites for hydroxylation is 3. The molecule has 0 spiro atoms. The third-order valence-corrected chi connectivity index (χ3v) is 6.18. The molecular formula is C23H24ClFN4O2S. The second-order valence-corrected chi connectivity index (χ2v) is 8.30. The Balaban J connectivity index is 0.00000289. The van der Waals surface area contributed by atoms with Crippen molar-refractivity contribution in [1.29, 1.82) is 0 Å². The van der Waals surface area contributed by atoms with Gasteiger partial charge in [0, 0.05) is 25.5 Å². The van der Waals surface area contributed by atoms with Crippen LogP contribution in [0.2, 0.25) is 0 Å². The molecule has 0 atom stereocenters. The summed E-state index contributed by atoms with van der Waals surface area (Å²) in [6.45, 7) is 5.19. The molecule has 9 heteroatoms. The Kier molecular flexibility index (Phi) is 7.82. The maximum atomic E-state index is 13.1. The van der Waals surface area contributed by atoms with E-state index in [4.69, 9.17) is 9.72 Å². The second kappa shape index (κ2) is 10.6. The van der Waals surface area contributed by atoms with Crippen LogP contribution < -0.4 is 9.64 Å². The standard InChI is InChI=1S/C23H23FN4O2S.ClH/c1-16-4-9-20-22(17(16)2)26-23(31-20)28(12-3-11-27-13-10-25-15-27)21(29)14-30-19-7-5-18(24)6-8-19;/h4-10,13,15H,3,11-12,14H2,1-2H3;1H. The van der Waals surface area contributed by atoms with E-state index in [1.54, 1.807) is 17.4 Å². The molecule has 2 aromatic carbocycles. The summed E-state index contributed by atoms with van der Waals surface area (Å²) in [6.07, 6.45) is 6.13. The Morgan fingerprint density at radius 3 is 2.69 bits per heavy atom. The Hall–Kier alpha value is -2.97. The number of aromatic nitrogens is 3. The van der Waals surface area contributed by atoms with E-state index in [9.17, 15) is 9.18 Å². The van der Waals surface area contributed by atoms with Crippen molar-refractivity contribution < 1.29 is 13.9 Å². The number of fused-ring (bicyclic) bond motifs is 1. The molecule has 0 radical (unpaired) electrons. The number of thiazole rings is 1. The fourth-order valence-corrected chi connectivity index (χ4v) is 4.31. The van der Waals surface area contributed by atoms with Crippen LogP contribution in [-0.2, 0) is 11.3 Å². The van der Waals surface area contributed by atoms with Crippen LogP contribution >= 0.6 is 23.7 Å². The average molecular weight is 475 g/mol. The number of ether oxygens (including phenoxy) is 1. The topological polar surface area (TPSA) is 60.2 Å². The van der Waals surface area contributed by atoms with Crippen molar-refractivity contribution in [3.8, 4) is 5.75 Å². The smallest absolute Gasteiger partial charge is 0.266 e. The highest BCUT2D eigenvalue weighted by Crippen LogP contribution is 2.32. The highest BCUT2D eigenvalue weighted by molar-refractivity contribution is 7.22. The molecule has 0 aliphatic heterocycles. The van der Waals surface area contributed by atoms with Gasteiger partial charge in [-0.05, 0) is 61.7 Å². The van der Waals surface area contributed by atoms with Crippen molar-refractivity contribution in [2.45, 2.75) is 26.8 Å². The fraction of sp³-hybridized carbons (Fsp3) is 0.261. The molecule has 1 amide bonds. The Morgan fingerprint density at radius 2 is 1.97 bits per heavy atom. The van der Waals surface area contributed by atoms with Gasteiger partial charge in [-0.25, -0.2) is 14.4 Å². The summed E-state index contributed by atoms with van der Waals surface area (Å²) in [5, 5.41) is 0.655. The first-order valence-electron chi connectivity index (χ1n) is 10.0. The third kappa shape index (κ3) is 5.44. The molecule has 32 heavy (non-hydrogen) atoms. The zero-order valence-electron chi connectivity index (χ0n) is 17.8. The van der Waals surface area contributed by atoms with E-state index in [1.807, 2.05) is 23.8 Å². The van der Waals surface area contributed by atoms with Crippen LogP contribution in [0.4, 0.5) is 9.52 Å². The van der Waals surface area contributed by atoms with Crippen LogP contribution in [0.3, 0.4) is 0 Å². The number of nitrogens with zero attached hydrogens (tertiary/aromatic N) is 4. The van der Waals surface area contributed by atoms with Crippen LogP contribution in [0.1, 0.15) is 17.5 Å². The summed E-state index contributed by atoms with van der Waals surface area (Å²) < 4.78 is 21.7. The lowest BCUT2D eigenvalue weighted by molar-refractivity contribution is -0.120. The number of rotatable bonds is 8. The van der Waals surface area contributed by atoms with Gasteiger partial charge in [-0.2, -0.15) is 0 Å². The molecule has 0 unspecified atom stereocenters. The normalized spacial score (nSPS) is 10.7. The summed E-state index contributed by atoms with van der Waals surface area (Å²) in [5.74, 6) is -0.0905. The third-order valence-electron chi connectivity index (χ3n) is 5.14. The monoisotopic (exact) mass is 474 g/mol. The molecule has 168 valence electrons. The van der Waals surface area contributed by atoms with Crippen molar-refractivity contribution in [2.75, 3.05) is 18.1 Å². The van der Waals surface area contributed by atoms with Gasteiger partial charge in [0.2, 0.25) is 0 Å². The number of benzene rings is 2. The number of carbonyl (C=O) groups excluding carboxylic acids is 1. The van der Waals surface area contributed by atoms with E-state index in [0.717, 1.165) is 28.7 Å². The molecule has 2 heterocycles. The summed E-state index contributed by atoms with van der Waals surface area (Å²) in [6, 6.07) is 9.75. The zero-order valence-corrected chi connectivity index (χ0v) is 19.5. The zero-order chi connectivity index (χ0) is 21.8. The van der Waals surface area contributed by atoms with E-state index in [-0.39, 0.29) is 30.7 Å². The molecule has 0 aliphatic carbocycles. The molecule has 0 fully saturated rings. The Bertz CT molecular complexity index is 1180. The quantitative estimate of drug-likeness (QED) is 0.353. The van der Waals surface area contributed by atoms with Crippen LogP contribution in [0.5, 0.6) is 5.75 Å². The highest BCUT2D eigenvalue weighted by atomic mass is 35.5. The van der Waals surface area contributed by atoms with Gasteiger partial charge >= 0.3 is 0 Å². The molecule has 4 aromatic rings. The molecule has 0 N–H and O–H groups in total. The number of amides is 1. The number of hydrogen-bond acceptors (Lipinski definition) is 5. The summed E-state index contributed by atoms with van der Waals surface area (Å²) in [5.41, 5.74) is 3.21. The predicted molar refractivity (Wildman–Crippen MR) is 127 cm³/mol. The van der Waals surface area contributed by atoms with Gasteiger partial charge in [0.25, 0.3) is 5.91 Å². The highest BCUT2D eigenvalue weighted by Gasteiger charge is 2.21. The fourth-order valence-electron chi connectivity index (χ4n) is 3.24. The minimum atomic E-state index is -0.347. The minimum absolute atomic E-state index is 0. The van der Waals surface area contributed by atoms with Gasteiger partial charge in [0.1, 0.15) is 11.6 Å². The van der Waals surface area contributed by atoms with Crippen molar-refractivity contribution >= 4 is 45.0 Å². The van der Waals surface area contributed by atoms with Crippen LogP contribution in [-0.4, -0.2) is 33.6 Å². The predicted octanol–water partition coefficient (Wildman–Crippen LogP) is 5.17. The number of carbonyl (C=O) groups is 1. The van der Waals surface area contributed by atoms with E-state index in [1.165, 1.54) is 41.2 Å². The number of halogens is 2. The first-order valence-corrected chi connectivity index (χ1v) is 10.8. The van der Waals surface area contributed by atoms with Gasteiger partial charge in [0.05, 0.1) is 16.5 Å². The molecule has 4 rings (SSSR count). The summed E-state index contributed by atoms with van der Waals surface area (Å²) in [4.78, 5) is 23.6. The molecule has 2 aromatic heterocycles. The largest absolute Gasteiger partial charge is 0.484 e. The van der Waals surface area contributed by atoms with Crippen LogP contribution in [0.15, 0.2) is 55.1 Å². The van der Waals surface area contributed by atoms with Gasteiger partial charge in [-0.3, -0.25) is 9.69 Å². The van der Waals surface area contributed by atoms with Gasteiger partial charge < -0.3 is 9.30 Å². The minimum Gasteiger partial charge on any atom is -0.484 e. The first-order chi connectivity index (χ1) is 15.0. The van der Waals surface area contributed by atoms with Crippen molar-refractivity contribution in [3.63, 3.8) is 0 Å². The molecule has 0 bridgehead atoms. The van der Waals surface area contributed by atoms with E-state index < -0.39 is 0 Å². The Morgan fingerprint density at radius 1 is 1.19 bits per heavy atom. The average Bonchev–Trinajstić information content (AvgIpc) is 3.43. The molecule has 0 saturated heterocycles. The first kappa shape index (κ1) is 23.7. The molecule has 0 saturated carbocycles. The van der Waals surface area contributed by atoms with Gasteiger partial charge in [-0.1, -0.05) is 17.4 Å². The molecule has 0 aliphatic rings. The van der Waals surface area contributed by atoms with Crippen LogP contribution in [0.25, 0.3) is 10.2 Å². The number of anilines is 1. The van der Waals surface area contributed by atoms with Gasteiger partial charge in [0.15, 0.2) is 11.7 Å². The maximum absolute atomic E-state index is 13.1. The van der Waals surface area contributed by atoms with E-state index in [0.29, 0.717) is 17.4 Å². The van der Waals surface area contributed by atoms with Crippen molar-refractivity contribution in [3.05, 3.63) is 72.1 Å². The molecule has 6 nitrogen and oxygen atoms in total. The lowest BCUT2D eigenvalue weighted by Crippen LogP contribution is -2.36. The summed E-state index contributed by atoms with van der Waals surface area (Å²) >= 11 is 1.50. The maximum Gasteiger partial charge on any atom is 0.266 e. The van der Waals surface area contributed by atoms with Gasteiger partial charge in [-0.15, -0.1) is 12.4 Å².